The van der Waals surface area contributed by atoms with Crippen LogP contribution in [0.1, 0.15) is 11.9 Å². The molecule has 0 unspecified atom stereocenters. The van der Waals surface area contributed by atoms with Crippen molar-refractivity contribution in [3.8, 4) is 0 Å². The predicted molar refractivity (Wildman–Crippen MR) is 38.6 cm³/mol. The molecule has 0 amide bonds. The van der Waals surface area contributed by atoms with Crippen LogP contribution in [0, 0.1) is 0 Å². The molecule has 0 aliphatic carbocycles. The van der Waals surface area contributed by atoms with E-state index in [1.165, 1.54) is 0 Å². The Kier molecular flexibility index (Phi) is 2.03. The van der Waals surface area contributed by atoms with Crippen LogP contribution in [-0.4, -0.2) is 16.1 Å². The molecule has 3 nitrogen and oxygen atoms in total. The molecular formula is C5H7F2N3S. The SMILES string of the molecule is CC(F)(F)Cc1nnc(N)s1. The lowest BCUT2D eigenvalue weighted by Gasteiger charge is -2.04. The molecule has 0 aliphatic rings. The van der Waals surface area contributed by atoms with Gasteiger partial charge in [0.25, 0.3) is 5.92 Å². The third-order valence-electron chi connectivity index (χ3n) is 0.944. The van der Waals surface area contributed by atoms with Crippen molar-refractivity contribution in [3.05, 3.63) is 5.01 Å². The van der Waals surface area contributed by atoms with E-state index in [9.17, 15) is 8.78 Å². The number of rotatable bonds is 2. The van der Waals surface area contributed by atoms with Crippen LogP contribution in [0.3, 0.4) is 0 Å². The van der Waals surface area contributed by atoms with Crippen LogP contribution in [0.4, 0.5) is 13.9 Å². The first kappa shape index (κ1) is 8.32. The Balaban J connectivity index is 2.65. The predicted octanol–water partition coefficient (Wildman–Crippen LogP) is 1.32. The minimum atomic E-state index is -2.73. The molecule has 0 saturated carbocycles. The zero-order valence-electron chi connectivity index (χ0n) is 5.84. The van der Waals surface area contributed by atoms with E-state index in [0.29, 0.717) is 0 Å². The maximum absolute atomic E-state index is 12.3. The summed E-state index contributed by atoms with van der Waals surface area (Å²) in [5, 5.41) is 7.38. The van der Waals surface area contributed by atoms with Crippen LogP contribution in [-0.2, 0) is 6.42 Å². The minimum Gasteiger partial charge on any atom is -0.374 e. The first-order valence-electron chi connectivity index (χ1n) is 2.93. The summed E-state index contributed by atoms with van der Waals surface area (Å²) < 4.78 is 24.6. The summed E-state index contributed by atoms with van der Waals surface area (Å²) >= 11 is 0.990. The summed E-state index contributed by atoms with van der Waals surface area (Å²) in [6.07, 6.45) is -0.387. The summed E-state index contributed by atoms with van der Waals surface area (Å²) in [4.78, 5) is 0. The van der Waals surface area contributed by atoms with Crippen molar-refractivity contribution in [2.75, 3.05) is 5.73 Å². The van der Waals surface area contributed by atoms with E-state index < -0.39 is 5.92 Å². The molecular weight excluding hydrogens is 172 g/mol. The van der Waals surface area contributed by atoms with Gasteiger partial charge in [0, 0.05) is 0 Å². The molecule has 0 saturated heterocycles. The Hall–Kier alpha value is -0.780. The summed E-state index contributed by atoms with van der Waals surface area (Å²) in [7, 11) is 0. The molecule has 0 fully saturated rings. The van der Waals surface area contributed by atoms with Crippen molar-refractivity contribution in [2.45, 2.75) is 19.3 Å². The second-order valence-electron chi connectivity index (χ2n) is 2.28. The zero-order chi connectivity index (χ0) is 8.48. The van der Waals surface area contributed by atoms with Crippen molar-refractivity contribution in [1.29, 1.82) is 0 Å². The minimum absolute atomic E-state index is 0.226. The highest BCUT2D eigenvalue weighted by Crippen LogP contribution is 2.21. The highest BCUT2D eigenvalue weighted by Gasteiger charge is 2.23. The van der Waals surface area contributed by atoms with Gasteiger partial charge in [-0.1, -0.05) is 11.3 Å². The first-order chi connectivity index (χ1) is 4.97. The zero-order valence-corrected chi connectivity index (χ0v) is 6.66. The van der Waals surface area contributed by atoms with Crippen LogP contribution >= 0.6 is 11.3 Å². The molecule has 0 spiro atoms. The van der Waals surface area contributed by atoms with E-state index in [1.54, 1.807) is 0 Å². The van der Waals surface area contributed by atoms with Gasteiger partial charge in [-0.3, -0.25) is 0 Å². The van der Waals surface area contributed by atoms with Gasteiger partial charge in [-0.05, 0) is 6.92 Å². The van der Waals surface area contributed by atoms with Gasteiger partial charge in [0.2, 0.25) is 5.13 Å². The Morgan fingerprint density at radius 2 is 2.18 bits per heavy atom. The second-order valence-corrected chi connectivity index (χ2v) is 3.37. The molecule has 11 heavy (non-hydrogen) atoms. The smallest absolute Gasteiger partial charge is 0.251 e. The topological polar surface area (TPSA) is 51.8 Å². The Morgan fingerprint density at radius 1 is 1.55 bits per heavy atom. The van der Waals surface area contributed by atoms with Crippen molar-refractivity contribution in [2.24, 2.45) is 0 Å². The number of hydrogen-bond donors (Lipinski definition) is 1. The van der Waals surface area contributed by atoms with Crippen molar-refractivity contribution >= 4 is 16.5 Å². The van der Waals surface area contributed by atoms with E-state index in [4.69, 9.17) is 5.73 Å². The van der Waals surface area contributed by atoms with Crippen LogP contribution in [0.5, 0.6) is 0 Å². The average Bonchev–Trinajstić information content (AvgIpc) is 2.10. The van der Waals surface area contributed by atoms with E-state index in [1.807, 2.05) is 0 Å². The van der Waals surface area contributed by atoms with E-state index in [2.05, 4.69) is 10.2 Å². The molecule has 6 heteroatoms. The molecule has 0 bridgehead atoms. The van der Waals surface area contributed by atoms with Gasteiger partial charge in [-0.2, -0.15) is 0 Å². The van der Waals surface area contributed by atoms with Crippen molar-refractivity contribution < 1.29 is 8.78 Å². The molecule has 0 aromatic carbocycles. The molecule has 1 aromatic heterocycles. The fraction of sp³-hybridized carbons (Fsp3) is 0.600. The van der Waals surface area contributed by atoms with Crippen LogP contribution in [0.2, 0.25) is 0 Å². The maximum Gasteiger partial charge on any atom is 0.251 e. The summed E-state index contributed by atoms with van der Waals surface area (Å²) in [5.74, 6) is -2.73. The average molecular weight is 179 g/mol. The van der Waals surface area contributed by atoms with E-state index in [-0.39, 0.29) is 16.6 Å². The highest BCUT2D eigenvalue weighted by molar-refractivity contribution is 7.15. The number of alkyl halides is 2. The third kappa shape index (κ3) is 2.75. The maximum atomic E-state index is 12.3. The fourth-order valence-electron chi connectivity index (χ4n) is 0.604. The van der Waals surface area contributed by atoms with Crippen molar-refractivity contribution in [3.63, 3.8) is 0 Å². The Bertz CT molecular complexity index is 242. The normalized spacial score (nSPS) is 11.9. The molecule has 2 N–H and O–H groups in total. The number of nitrogens with zero attached hydrogens (tertiary/aromatic N) is 2. The molecule has 1 rings (SSSR count). The van der Waals surface area contributed by atoms with Crippen LogP contribution in [0.15, 0.2) is 0 Å². The van der Waals surface area contributed by atoms with Gasteiger partial charge in [0.1, 0.15) is 5.01 Å². The number of hydrogen-bond acceptors (Lipinski definition) is 4. The van der Waals surface area contributed by atoms with E-state index >= 15 is 0 Å². The molecule has 1 aromatic rings. The lowest BCUT2D eigenvalue weighted by atomic mass is 10.3. The van der Waals surface area contributed by atoms with Gasteiger partial charge in [-0.15, -0.1) is 10.2 Å². The van der Waals surface area contributed by atoms with Gasteiger partial charge in [0.15, 0.2) is 0 Å². The highest BCUT2D eigenvalue weighted by atomic mass is 32.1. The molecule has 0 aliphatic heterocycles. The van der Waals surface area contributed by atoms with Gasteiger partial charge >= 0.3 is 0 Å². The second kappa shape index (κ2) is 2.69. The number of anilines is 1. The molecule has 1 heterocycles. The largest absolute Gasteiger partial charge is 0.374 e. The van der Waals surface area contributed by atoms with Gasteiger partial charge in [0.05, 0.1) is 6.42 Å². The van der Waals surface area contributed by atoms with Crippen molar-refractivity contribution in [1.82, 2.24) is 10.2 Å². The summed E-state index contributed by atoms with van der Waals surface area (Å²) in [5.41, 5.74) is 5.20. The molecule has 0 atom stereocenters. The quantitative estimate of drug-likeness (QED) is 0.744. The van der Waals surface area contributed by atoms with Gasteiger partial charge < -0.3 is 5.73 Å². The first-order valence-corrected chi connectivity index (χ1v) is 3.75. The fourth-order valence-corrected chi connectivity index (χ4v) is 1.33. The van der Waals surface area contributed by atoms with Crippen LogP contribution < -0.4 is 5.73 Å². The lowest BCUT2D eigenvalue weighted by molar-refractivity contribution is 0.0224. The Labute approximate surface area is 66.2 Å². The standard InChI is InChI=1S/C5H7F2N3S/c1-5(6,7)2-3-9-10-4(8)11-3/h2H2,1H3,(H2,8,10). The molecule has 62 valence electrons. The Morgan fingerprint density at radius 3 is 2.55 bits per heavy atom. The third-order valence-corrected chi connectivity index (χ3v) is 1.70. The molecule has 0 radical (unpaired) electrons. The summed E-state index contributed by atoms with van der Waals surface area (Å²) in [6, 6.07) is 0. The number of nitrogens with two attached hydrogens (primary N) is 1. The number of aromatic nitrogens is 2. The number of nitrogen functional groups attached to an aromatic ring is 1. The van der Waals surface area contributed by atoms with Crippen LogP contribution in [0.25, 0.3) is 0 Å². The van der Waals surface area contributed by atoms with E-state index in [0.717, 1.165) is 18.3 Å². The number of halogens is 2. The summed E-state index contributed by atoms with van der Waals surface area (Å²) in [6.45, 7) is 0.838. The monoisotopic (exact) mass is 179 g/mol. The lowest BCUT2D eigenvalue weighted by Crippen LogP contribution is -2.13. The van der Waals surface area contributed by atoms with Gasteiger partial charge in [-0.25, -0.2) is 8.78 Å².